The van der Waals surface area contributed by atoms with Crippen LogP contribution in [0.3, 0.4) is 0 Å². The summed E-state index contributed by atoms with van der Waals surface area (Å²) in [5.74, 6) is -1.01. The Balaban J connectivity index is 2.75. The molecule has 0 aromatic carbocycles. The van der Waals surface area contributed by atoms with E-state index in [2.05, 4.69) is 9.97 Å². The third kappa shape index (κ3) is 1.25. The zero-order valence-electron chi connectivity index (χ0n) is 6.41. The van der Waals surface area contributed by atoms with Crippen LogP contribution >= 0.6 is 11.6 Å². The molecule has 2 rings (SSSR count). The lowest BCUT2D eigenvalue weighted by Gasteiger charge is -1.90. The van der Waals surface area contributed by atoms with Crippen LogP contribution in [-0.2, 0) is 0 Å². The van der Waals surface area contributed by atoms with E-state index in [-0.39, 0.29) is 5.69 Å². The fraction of sp³-hybridized carbons (Fsp3) is 0. The zero-order chi connectivity index (χ0) is 9.42. The summed E-state index contributed by atoms with van der Waals surface area (Å²) in [6.07, 6.45) is 3.02. The van der Waals surface area contributed by atoms with Crippen LogP contribution in [0.5, 0.6) is 0 Å². The maximum absolute atomic E-state index is 10.6. The fourth-order valence-electron chi connectivity index (χ4n) is 1.13. The summed E-state index contributed by atoms with van der Waals surface area (Å²) in [5, 5.41) is 9.80. The Morgan fingerprint density at radius 2 is 2.31 bits per heavy atom. The first-order chi connectivity index (χ1) is 6.18. The molecule has 0 aliphatic rings. The number of H-pyrrole nitrogens is 1. The van der Waals surface area contributed by atoms with Crippen molar-refractivity contribution in [2.24, 2.45) is 0 Å². The summed E-state index contributed by atoms with van der Waals surface area (Å²) in [4.78, 5) is 17.1. The maximum Gasteiger partial charge on any atom is 0.352 e. The van der Waals surface area contributed by atoms with Gasteiger partial charge in [-0.15, -0.1) is 0 Å². The van der Waals surface area contributed by atoms with Crippen LogP contribution in [0.15, 0.2) is 18.5 Å². The molecule has 0 radical (unpaired) electrons. The lowest BCUT2D eigenvalue weighted by atomic mass is 10.3. The van der Waals surface area contributed by atoms with E-state index in [0.29, 0.717) is 15.9 Å². The van der Waals surface area contributed by atoms with Gasteiger partial charge in [0.05, 0.1) is 10.5 Å². The van der Waals surface area contributed by atoms with Crippen LogP contribution < -0.4 is 0 Å². The molecule has 0 fully saturated rings. The van der Waals surface area contributed by atoms with Crippen LogP contribution in [0.25, 0.3) is 10.9 Å². The molecule has 0 saturated carbocycles. The van der Waals surface area contributed by atoms with Gasteiger partial charge in [-0.3, -0.25) is 4.98 Å². The Kier molecular flexibility index (Phi) is 1.70. The topological polar surface area (TPSA) is 66.0 Å². The Bertz CT molecular complexity index is 478. The standard InChI is InChI=1S/C8H5ClN2O2/c9-5-3-10-2-4-1-6(8(12)13)11-7(4)5/h1-3,11H,(H,12,13). The van der Waals surface area contributed by atoms with Gasteiger partial charge < -0.3 is 10.1 Å². The number of aromatic nitrogens is 2. The molecule has 13 heavy (non-hydrogen) atoms. The highest BCUT2D eigenvalue weighted by Crippen LogP contribution is 2.21. The van der Waals surface area contributed by atoms with Gasteiger partial charge in [-0.1, -0.05) is 11.6 Å². The first-order valence-corrected chi connectivity index (χ1v) is 3.92. The number of pyridine rings is 1. The third-order valence-electron chi connectivity index (χ3n) is 1.72. The highest BCUT2D eigenvalue weighted by Gasteiger charge is 2.08. The molecule has 0 aliphatic carbocycles. The molecule has 0 aliphatic heterocycles. The lowest BCUT2D eigenvalue weighted by Crippen LogP contribution is -1.94. The molecule has 0 spiro atoms. The van der Waals surface area contributed by atoms with E-state index in [1.807, 2.05) is 0 Å². The van der Waals surface area contributed by atoms with Crippen molar-refractivity contribution in [3.63, 3.8) is 0 Å². The summed E-state index contributed by atoms with van der Waals surface area (Å²) >= 11 is 5.79. The van der Waals surface area contributed by atoms with Crippen molar-refractivity contribution in [1.82, 2.24) is 9.97 Å². The quantitative estimate of drug-likeness (QED) is 0.732. The van der Waals surface area contributed by atoms with Gasteiger partial charge >= 0.3 is 5.97 Å². The van der Waals surface area contributed by atoms with Crippen LogP contribution in [-0.4, -0.2) is 21.0 Å². The number of nitrogens with zero attached hydrogens (tertiary/aromatic N) is 1. The first-order valence-electron chi connectivity index (χ1n) is 3.54. The van der Waals surface area contributed by atoms with Crippen LogP contribution in [0.1, 0.15) is 10.5 Å². The monoisotopic (exact) mass is 196 g/mol. The normalized spacial score (nSPS) is 10.5. The number of aromatic carboxylic acids is 1. The molecule has 4 nitrogen and oxygen atoms in total. The maximum atomic E-state index is 10.6. The number of carbonyl (C=O) groups is 1. The van der Waals surface area contributed by atoms with E-state index in [1.165, 1.54) is 12.3 Å². The van der Waals surface area contributed by atoms with Gasteiger partial charge in [0.15, 0.2) is 0 Å². The average molecular weight is 197 g/mol. The lowest BCUT2D eigenvalue weighted by molar-refractivity contribution is 0.0691. The van der Waals surface area contributed by atoms with Crippen LogP contribution in [0.4, 0.5) is 0 Å². The van der Waals surface area contributed by atoms with Gasteiger partial charge in [0.2, 0.25) is 0 Å². The van der Waals surface area contributed by atoms with Gasteiger partial charge in [-0.05, 0) is 6.07 Å². The van der Waals surface area contributed by atoms with Crippen molar-refractivity contribution in [1.29, 1.82) is 0 Å². The molecule has 0 unspecified atom stereocenters. The summed E-state index contributed by atoms with van der Waals surface area (Å²) in [5.41, 5.74) is 0.721. The van der Waals surface area contributed by atoms with Crippen molar-refractivity contribution in [3.8, 4) is 0 Å². The number of aromatic amines is 1. The highest BCUT2D eigenvalue weighted by molar-refractivity contribution is 6.35. The number of carboxylic acids is 1. The van der Waals surface area contributed by atoms with Crippen molar-refractivity contribution < 1.29 is 9.90 Å². The van der Waals surface area contributed by atoms with Gasteiger partial charge in [0.1, 0.15) is 5.69 Å². The van der Waals surface area contributed by atoms with Crippen LogP contribution in [0.2, 0.25) is 5.02 Å². The molecule has 2 N–H and O–H groups in total. The summed E-state index contributed by atoms with van der Waals surface area (Å²) in [7, 11) is 0. The van der Waals surface area contributed by atoms with Gasteiger partial charge in [-0.2, -0.15) is 0 Å². The van der Waals surface area contributed by atoms with Crippen molar-refractivity contribution in [2.75, 3.05) is 0 Å². The second kappa shape index (κ2) is 2.74. The van der Waals surface area contributed by atoms with E-state index in [4.69, 9.17) is 16.7 Å². The molecule has 0 amide bonds. The molecule has 0 saturated heterocycles. The molecule has 2 aromatic heterocycles. The minimum atomic E-state index is -1.01. The fourth-order valence-corrected chi connectivity index (χ4v) is 1.35. The predicted molar refractivity (Wildman–Crippen MR) is 48.1 cm³/mol. The Morgan fingerprint density at radius 3 is 2.92 bits per heavy atom. The molecule has 0 bridgehead atoms. The molecule has 2 heterocycles. The van der Waals surface area contributed by atoms with Crippen molar-refractivity contribution in [2.45, 2.75) is 0 Å². The Labute approximate surface area is 78.2 Å². The second-order valence-corrected chi connectivity index (χ2v) is 2.98. The third-order valence-corrected chi connectivity index (χ3v) is 2.01. The van der Waals surface area contributed by atoms with E-state index in [9.17, 15) is 4.79 Å². The minimum absolute atomic E-state index is 0.116. The van der Waals surface area contributed by atoms with Gasteiger partial charge in [0, 0.05) is 17.8 Å². The summed E-state index contributed by atoms with van der Waals surface area (Å²) in [6, 6.07) is 1.50. The van der Waals surface area contributed by atoms with Crippen molar-refractivity contribution in [3.05, 3.63) is 29.2 Å². The van der Waals surface area contributed by atoms with E-state index in [1.54, 1.807) is 6.20 Å². The second-order valence-electron chi connectivity index (χ2n) is 2.57. The summed E-state index contributed by atoms with van der Waals surface area (Å²) < 4.78 is 0. The number of rotatable bonds is 1. The largest absolute Gasteiger partial charge is 0.477 e. The molecule has 66 valence electrons. The number of fused-ring (bicyclic) bond motifs is 1. The molecule has 2 aromatic rings. The molecular weight excluding hydrogens is 192 g/mol. The van der Waals surface area contributed by atoms with Gasteiger partial charge in [0.25, 0.3) is 0 Å². The number of nitrogens with one attached hydrogen (secondary N) is 1. The van der Waals surface area contributed by atoms with Crippen LogP contribution in [0, 0.1) is 0 Å². The Morgan fingerprint density at radius 1 is 1.54 bits per heavy atom. The molecule has 5 heteroatoms. The van der Waals surface area contributed by atoms with E-state index >= 15 is 0 Å². The number of hydrogen-bond donors (Lipinski definition) is 2. The molecule has 0 atom stereocenters. The smallest absolute Gasteiger partial charge is 0.352 e. The minimum Gasteiger partial charge on any atom is -0.477 e. The number of hydrogen-bond acceptors (Lipinski definition) is 2. The van der Waals surface area contributed by atoms with E-state index in [0.717, 1.165) is 0 Å². The van der Waals surface area contributed by atoms with Crippen molar-refractivity contribution >= 4 is 28.5 Å². The predicted octanol–water partition coefficient (Wildman–Crippen LogP) is 1.91. The van der Waals surface area contributed by atoms with E-state index < -0.39 is 5.97 Å². The molecular formula is C8H5ClN2O2. The Hall–Kier alpha value is -1.55. The highest BCUT2D eigenvalue weighted by atomic mass is 35.5. The summed E-state index contributed by atoms with van der Waals surface area (Å²) in [6.45, 7) is 0. The zero-order valence-corrected chi connectivity index (χ0v) is 7.17. The number of carboxylic acid groups (broad SMARTS) is 1. The average Bonchev–Trinajstić information content (AvgIpc) is 2.49. The number of halogens is 1. The SMILES string of the molecule is O=C(O)c1cc2cncc(Cl)c2[nH]1. The first kappa shape index (κ1) is 8.07. The van der Waals surface area contributed by atoms with Gasteiger partial charge in [-0.25, -0.2) is 4.79 Å².